The second kappa shape index (κ2) is 7.37. The maximum absolute atomic E-state index is 12.5. The SMILES string of the molecule is C[C@@H]1CCCN1C(=O)CN1CC[C@H](Oc2cccc3c(Cl)ncnc23)C1. The molecule has 2 saturated heterocycles. The van der Waals surface area contributed by atoms with Gasteiger partial charge in [-0.25, -0.2) is 9.97 Å². The lowest BCUT2D eigenvalue weighted by atomic mass is 10.2. The van der Waals surface area contributed by atoms with Crippen LogP contribution in [0.1, 0.15) is 26.2 Å². The maximum Gasteiger partial charge on any atom is 0.236 e. The van der Waals surface area contributed by atoms with Crippen LogP contribution in [0.2, 0.25) is 5.15 Å². The van der Waals surface area contributed by atoms with E-state index in [0.29, 0.717) is 17.7 Å². The molecule has 0 spiro atoms. The average molecular weight is 375 g/mol. The molecule has 138 valence electrons. The highest BCUT2D eigenvalue weighted by molar-refractivity contribution is 6.34. The topological polar surface area (TPSA) is 58.6 Å². The predicted octanol–water partition coefficient (Wildman–Crippen LogP) is 2.75. The Morgan fingerprint density at radius 2 is 2.19 bits per heavy atom. The number of ether oxygens (including phenoxy) is 1. The molecule has 0 N–H and O–H groups in total. The molecule has 1 aromatic heterocycles. The van der Waals surface area contributed by atoms with Crippen molar-refractivity contribution in [1.29, 1.82) is 0 Å². The molecule has 0 bridgehead atoms. The van der Waals surface area contributed by atoms with Crippen LogP contribution < -0.4 is 4.74 Å². The van der Waals surface area contributed by atoms with Crippen molar-refractivity contribution in [2.24, 2.45) is 0 Å². The lowest BCUT2D eigenvalue weighted by Gasteiger charge is -2.24. The van der Waals surface area contributed by atoms with E-state index < -0.39 is 0 Å². The molecular weight excluding hydrogens is 352 g/mol. The molecule has 2 fully saturated rings. The molecule has 0 aliphatic carbocycles. The number of carbonyl (C=O) groups is 1. The number of amides is 1. The van der Waals surface area contributed by atoms with Gasteiger partial charge in [-0.1, -0.05) is 17.7 Å². The lowest BCUT2D eigenvalue weighted by molar-refractivity contribution is -0.132. The highest BCUT2D eigenvalue weighted by Crippen LogP contribution is 2.29. The number of para-hydroxylation sites is 1. The molecule has 1 amide bonds. The fraction of sp³-hybridized carbons (Fsp3) is 0.526. The predicted molar refractivity (Wildman–Crippen MR) is 100 cm³/mol. The molecule has 26 heavy (non-hydrogen) atoms. The van der Waals surface area contributed by atoms with E-state index in [1.54, 1.807) is 0 Å². The molecule has 2 aliphatic heterocycles. The van der Waals surface area contributed by atoms with E-state index in [0.717, 1.165) is 55.5 Å². The Labute approximate surface area is 158 Å². The Morgan fingerprint density at radius 1 is 1.31 bits per heavy atom. The van der Waals surface area contributed by atoms with E-state index in [2.05, 4.69) is 21.8 Å². The van der Waals surface area contributed by atoms with Crippen LogP contribution >= 0.6 is 11.6 Å². The Kier molecular flexibility index (Phi) is 4.96. The van der Waals surface area contributed by atoms with Gasteiger partial charge in [0.25, 0.3) is 0 Å². The van der Waals surface area contributed by atoms with Gasteiger partial charge in [0, 0.05) is 31.1 Å². The van der Waals surface area contributed by atoms with Crippen LogP contribution in [0.25, 0.3) is 10.9 Å². The fourth-order valence-electron chi connectivity index (χ4n) is 3.93. The summed E-state index contributed by atoms with van der Waals surface area (Å²) in [6.45, 7) is 5.13. The normalized spacial score (nSPS) is 23.7. The number of likely N-dealkylation sites (tertiary alicyclic amines) is 2. The number of halogens is 1. The van der Waals surface area contributed by atoms with E-state index in [-0.39, 0.29) is 12.0 Å². The number of fused-ring (bicyclic) bond motifs is 1. The van der Waals surface area contributed by atoms with Gasteiger partial charge in [0.2, 0.25) is 5.91 Å². The van der Waals surface area contributed by atoms with Crippen LogP contribution in [0.4, 0.5) is 0 Å². The molecule has 2 aromatic rings. The molecule has 0 saturated carbocycles. The van der Waals surface area contributed by atoms with Gasteiger partial charge in [-0.15, -0.1) is 0 Å². The zero-order valence-electron chi connectivity index (χ0n) is 14.9. The summed E-state index contributed by atoms with van der Waals surface area (Å²) < 4.78 is 6.19. The number of hydrogen-bond acceptors (Lipinski definition) is 5. The monoisotopic (exact) mass is 374 g/mol. The van der Waals surface area contributed by atoms with Gasteiger partial charge in [0.05, 0.1) is 6.54 Å². The summed E-state index contributed by atoms with van der Waals surface area (Å²) >= 11 is 6.14. The van der Waals surface area contributed by atoms with Gasteiger partial charge in [0.15, 0.2) is 0 Å². The number of nitrogens with zero attached hydrogens (tertiary/aromatic N) is 4. The molecule has 2 aliphatic rings. The minimum Gasteiger partial charge on any atom is -0.487 e. The van der Waals surface area contributed by atoms with Crippen LogP contribution in [0, 0.1) is 0 Å². The standard InChI is InChI=1S/C19H23ClN4O2/c1-13-4-3-8-24(13)17(25)11-23-9-7-14(10-23)26-16-6-2-5-15-18(16)21-12-22-19(15)20/h2,5-6,12-14H,3-4,7-11H2,1H3/t13-,14+/m1/s1. The van der Waals surface area contributed by atoms with E-state index in [1.165, 1.54) is 6.33 Å². The first kappa shape index (κ1) is 17.5. The Morgan fingerprint density at radius 3 is 3.00 bits per heavy atom. The third-order valence-corrected chi connectivity index (χ3v) is 5.64. The van der Waals surface area contributed by atoms with Gasteiger partial charge < -0.3 is 9.64 Å². The number of rotatable bonds is 4. The molecule has 0 unspecified atom stereocenters. The molecule has 3 heterocycles. The van der Waals surface area contributed by atoms with Gasteiger partial charge in [-0.05, 0) is 38.3 Å². The van der Waals surface area contributed by atoms with Crippen LogP contribution in [0.15, 0.2) is 24.5 Å². The van der Waals surface area contributed by atoms with E-state index >= 15 is 0 Å². The summed E-state index contributed by atoms with van der Waals surface area (Å²) in [6, 6.07) is 6.07. The maximum atomic E-state index is 12.5. The highest BCUT2D eigenvalue weighted by Gasteiger charge is 2.30. The number of benzene rings is 1. The van der Waals surface area contributed by atoms with E-state index in [1.807, 2.05) is 23.1 Å². The van der Waals surface area contributed by atoms with Crippen LogP contribution in [-0.2, 0) is 4.79 Å². The molecule has 2 atom stereocenters. The summed E-state index contributed by atoms with van der Waals surface area (Å²) in [6.07, 6.45) is 4.64. The van der Waals surface area contributed by atoms with Crippen molar-refractivity contribution in [2.75, 3.05) is 26.2 Å². The van der Waals surface area contributed by atoms with Gasteiger partial charge in [-0.2, -0.15) is 0 Å². The average Bonchev–Trinajstić information content (AvgIpc) is 3.25. The molecule has 7 heteroatoms. The number of aromatic nitrogens is 2. The first-order valence-corrected chi connectivity index (χ1v) is 9.57. The number of carbonyl (C=O) groups excluding carboxylic acids is 1. The van der Waals surface area contributed by atoms with Crippen molar-refractivity contribution in [2.45, 2.75) is 38.3 Å². The van der Waals surface area contributed by atoms with Crippen molar-refractivity contribution in [1.82, 2.24) is 19.8 Å². The first-order valence-electron chi connectivity index (χ1n) is 9.19. The second-order valence-electron chi connectivity index (χ2n) is 7.16. The third kappa shape index (κ3) is 3.48. The van der Waals surface area contributed by atoms with Crippen LogP contribution in [-0.4, -0.2) is 64.0 Å². The summed E-state index contributed by atoms with van der Waals surface area (Å²) in [5.41, 5.74) is 0.730. The summed E-state index contributed by atoms with van der Waals surface area (Å²) in [5.74, 6) is 0.957. The largest absolute Gasteiger partial charge is 0.487 e. The molecule has 4 rings (SSSR count). The lowest BCUT2D eigenvalue weighted by Crippen LogP contribution is -2.41. The van der Waals surface area contributed by atoms with Crippen LogP contribution in [0.5, 0.6) is 5.75 Å². The van der Waals surface area contributed by atoms with Gasteiger partial charge in [-0.3, -0.25) is 9.69 Å². The van der Waals surface area contributed by atoms with Gasteiger partial charge in [0.1, 0.15) is 28.9 Å². The quantitative estimate of drug-likeness (QED) is 0.770. The van der Waals surface area contributed by atoms with Crippen molar-refractivity contribution in [3.8, 4) is 5.75 Å². The Balaban J connectivity index is 1.39. The Bertz CT molecular complexity index is 815. The zero-order chi connectivity index (χ0) is 18.1. The van der Waals surface area contributed by atoms with Crippen molar-refractivity contribution in [3.05, 3.63) is 29.7 Å². The van der Waals surface area contributed by atoms with E-state index in [9.17, 15) is 4.79 Å². The summed E-state index contributed by atoms with van der Waals surface area (Å²) in [4.78, 5) is 25.0. The van der Waals surface area contributed by atoms with E-state index in [4.69, 9.17) is 16.3 Å². The minimum atomic E-state index is 0.0538. The fourth-order valence-corrected chi connectivity index (χ4v) is 4.12. The summed E-state index contributed by atoms with van der Waals surface area (Å²) in [7, 11) is 0. The smallest absolute Gasteiger partial charge is 0.236 e. The summed E-state index contributed by atoms with van der Waals surface area (Å²) in [5, 5.41) is 1.22. The second-order valence-corrected chi connectivity index (χ2v) is 7.52. The van der Waals surface area contributed by atoms with Crippen molar-refractivity contribution < 1.29 is 9.53 Å². The first-order chi connectivity index (χ1) is 12.6. The minimum absolute atomic E-state index is 0.0538. The van der Waals surface area contributed by atoms with Crippen molar-refractivity contribution >= 4 is 28.4 Å². The van der Waals surface area contributed by atoms with Crippen molar-refractivity contribution in [3.63, 3.8) is 0 Å². The third-order valence-electron chi connectivity index (χ3n) is 5.33. The molecular formula is C19H23ClN4O2. The molecule has 1 aromatic carbocycles. The highest BCUT2D eigenvalue weighted by atomic mass is 35.5. The molecule has 6 nitrogen and oxygen atoms in total. The zero-order valence-corrected chi connectivity index (χ0v) is 15.7. The van der Waals surface area contributed by atoms with Gasteiger partial charge >= 0.3 is 0 Å². The Hall–Kier alpha value is -1.92. The van der Waals surface area contributed by atoms with Crippen LogP contribution in [0.3, 0.4) is 0 Å². The molecule has 0 radical (unpaired) electrons. The number of hydrogen-bond donors (Lipinski definition) is 0.